The molecule has 0 aliphatic carbocycles. The molecule has 0 radical (unpaired) electrons. The Kier molecular flexibility index (Phi) is 5.44. The zero-order chi connectivity index (χ0) is 20.4. The maximum Gasteiger partial charge on any atom is 0.273 e. The second-order valence-corrected chi connectivity index (χ2v) is 7.45. The van der Waals surface area contributed by atoms with Crippen molar-refractivity contribution in [3.63, 3.8) is 0 Å². The zero-order valence-electron chi connectivity index (χ0n) is 16.2. The Morgan fingerprint density at radius 1 is 1.21 bits per heavy atom. The van der Waals surface area contributed by atoms with Crippen molar-refractivity contribution in [3.05, 3.63) is 63.2 Å². The summed E-state index contributed by atoms with van der Waals surface area (Å²) in [6.07, 6.45) is 1.07. The molecule has 7 heteroatoms. The summed E-state index contributed by atoms with van der Waals surface area (Å²) in [7, 11) is 0. The standard InChI is InChI=1S/C21H23N3O4/c1-13(2)12-23-18-8-7-17(10-15(18)6-9-20(23)25)22-21(26)16-5-4-14(3)19(11-16)24(27)28/h4-5,7-8,10-11,13H,6,9,12H2,1-3H3,(H,22,26). The smallest absolute Gasteiger partial charge is 0.273 e. The van der Waals surface area contributed by atoms with E-state index in [1.165, 1.54) is 6.07 Å². The monoisotopic (exact) mass is 381 g/mol. The van der Waals surface area contributed by atoms with Crippen molar-refractivity contribution in [2.45, 2.75) is 33.6 Å². The fraction of sp³-hybridized carbons (Fsp3) is 0.333. The van der Waals surface area contributed by atoms with E-state index in [1.54, 1.807) is 30.0 Å². The summed E-state index contributed by atoms with van der Waals surface area (Å²) in [6.45, 7) is 6.42. The van der Waals surface area contributed by atoms with Gasteiger partial charge in [0.2, 0.25) is 5.91 Å². The quantitative estimate of drug-likeness (QED) is 0.623. The summed E-state index contributed by atoms with van der Waals surface area (Å²) < 4.78 is 0. The number of nitro benzene ring substituents is 1. The van der Waals surface area contributed by atoms with E-state index in [0.717, 1.165) is 11.3 Å². The molecule has 0 aromatic heterocycles. The minimum Gasteiger partial charge on any atom is -0.322 e. The maximum absolute atomic E-state index is 12.5. The average Bonchev–Trinajstić information content (AvgIpc) is 2.64. The number of fused-ring (bicyclic) bond motifs is 1. The molecule has 0 spiro atoms. The van der Waals surface area contributed by atoms with Gasteiger partial charge in [-0.1, -0.05) is 19.9 Å². The fourth-order valence-electron chi connectivity index (χ4n) is 3.35. The largest absolute Gasteiger partial charge is 0.322 e. The minimum atomic E-state index is -0.495. The molecule has 0 atom stereocenters. The SMILES string of the molecule is Cc1ccc(C(=O)Nc2ccc3c(c2)CCC(=O)N3CC(C)C)cc1[N+](=O)[O-]. The van der Waals surface area contributed by atoms with Crippen molar-refractivity contribution in [1.29, 1.82) is 0 Å². The summed E-state index contributed by atoms with van der Waals surface area (Å²) >= 11 is 0. The van der Waals surface area contributed by atoms with Gasteiger partial charge in [-0.05, 0) is 49.1 Å². The van der Waals surface area contributed by atoms with Crippen LogP contribution in [0.3, 0.4) is 0 Å². The van der Waals surface area contributed by atoms with Crippen molar-refractivity contribution in [1.82, 2.24) is 0 Å². The summed E-state index contributed by atoms with van der Waals surface area (Å²) in [4.78, 5) is 37.2. The molecule has 146 valence electrons. The number of carbonyl (C=O) groups excluding carboxylic acids is 2. The van der Waals surface area contributed by atoms with Gasteiger partial charge in [0, 0.05) is 41.5 Å². The van der Waals surface area contributed by atoms with Crippen LogP contribution < -0.4 is 10.2 Å². The molecular weight excluding hydrogens is 358 g/mol. The fourth-order valence-corrected chi connectivity index (χ4v) is 3.35. The summed E-state index contributed by atoms with van der Waals surface area (Å²) in [5.41, 5.74) is 3.14. The average molecular weight is 381 g/mol. The van der Waals surface area contributed by atoms with Gasteiger partial charge in [-0.2, -0.15) is 0 Å². The van der Waals surface area contributed by atoms with Crippen molar-refractivity contribution < 1.29 is 14.5 Å². The number of hydrogen-bond donors (Lipinski definition) is 1. The number of hydrogen-bond acceptors (Lipinski definition) is 4. The third-order valence-electron chi connectivity index (χ3n) is 4.75. The molecule has 1 aliphatic heterocycles. The molecule has 0 bridgehead atoms. The molecule has 1 aliphatic rings. The molecule has 2 amide bonds. The Bertz CT molecular complexity index is 953. The number of benzene rings is 2. The van der Waals surface area contributed by atoms with Gasteiger partial charge in [0.15, 0.2) is 0 Å². The number of nitrogens with one attached hydrogen (secondary N) is 1. The zero-order valence-corrected chi connectivity index (χ0v) is 16.2. The topological polar surface area (TPSA) is 92.6 Å². The van der Waals surface area contributed by atoms with E-state index >= 15 is 0 Å². The van der Waals surface area contributed by atoms with Gasteiger partial charge in [-0.25, -0.2) is 0 Å². The van der Waals surface area contributed by atoms with Crippen LogP contribution in [-0.4, -0.2) is 23.3 Å². The van der Waals surface area contributed by atoms with Crippen molar-refractivity contribution in [2.75, 3.05) is 16.8 Å². The first-order valence-electron chi connectivity index (χ1n) is 9.26. The third kappa shape index (κ3) is 4.03. The number of carbonyl (C=O) groups is 2. The Balaban J connectivity index is 1.83. The van der Waals surface area contributed by atoms with E-state index in [1.807, 2.05) is 12.1 Å². The second-order valence-electron chi connectivity index (χ2n) is 7.45. The highest BCUT2D eigenvalue weighted by atomic mass is 16.6. The number of rotatable bonds is 5. The van der Waals surface area contributed by atoms with Crippen LogP contribution in [0.15, 0.2) is 36.4 Å². The van der Waals surface area contributed by atoms with Gasteiger partial charge >= 0.3 is 0 Å². The molecule has 7 nitrogen and oxygen atoms in total. The van der Waals surface area contributed by atoms with Crippen LogP contribution in [0.1, 0.15) is 41.8 Å². The number of aryl methyl sites for hydroxylation is 2. The van der Waals surface area contributed by atoms with Crippen LogP contribution in [-0.2, 0) is 11.2 Å². The lowest BCUT2D eigenvalue weighted by atomic mass is 9.99. The van der Waals surface area contributed by atoms with E-state index < -0.39 is 10.8 Å². The van der Waals surface area contributed by atoms with Gasteiger partial charge in [0.1, 0.15) is 0 Å². The van der Waals surface area contributed by atoms with Crippen molar-refractivity contribution in [3.8, 4) is 0 Å². The Morgan fingerprint density at radius 2 is 1.96 bits per heavy atom. The van der Waals surface area contributed by atoms with Gasteiger partial charge in [-0.3, -0.25) is 19.7 Å². The normalized spacial score (nSPS) is 13.4. The number of nitrogens with zero attached hydrogens (tertiary/aromatic N) is 2. The molecule has 3 rings (SSSR count). The molecule has 1 heterocycles. The summed E-state index contributed by atoms with van der Waals surface area (Å²) in [6, 6.07) is 9.89. The maximum atomic E-state index is 12.5. The molecule has 0 fully saturated rings. The second kappa shape index (κ2) is 7.80. The highest BCUT2D eigenvalue weighted by molar-refractivity contribution is 6.05. The molecule has 2 aromatic rings. The lowest BCUT2D eigenvalue weighted by Crippen LogP contribution is -2.37. The highest BCUT2D eigenvalue weighted by Crippen LogP contribution is 2.31. The van der Waals surface area contributed by atoms with Crippen LogP contribution >= 0.6 is 0 Å². The summed E-state index contributed by atoms with van der Waals surface area (Å²) in [5.74, 6) is 0.0607. The third-order valence-corrected chi connectivity index (χ3v) is 4.75. The van der Waals surface area contributed by atoms with Crippen LogP contribution in [0.4, 0.5) is 17.1 Å². The van der Waals surface area contributed by atoms with Crippen molar-refractivity contribution in [2.24, 2.45) is 5.92 Å². The van der Waals surface area contributed by atoms with Gasteiger partial charge in [0.25, 0.3) is 11.6 Å². The first-order valence-corrected chi connectivity index (χ1v) is 9.26. The Hall–Kier alpha value is -3.22. The molecule has 1 N–H and O–H groups in total. The predicted molar refractivity (Wildman–Crippen MR) is 108 cm³/mol. The van der Waals surface area contributed by atoms with Gasteiger partial charge in [-0.15, -0.1) is 0 Å². The Labute approximate surface area is 163 Å². The van der Waals surface area contributed by atoms with Crippen LogP contribution in [0, 0.1) is 23.0 Å². The van der Waals surface area contributed by atoms with Crippen molar-refractivity contribution >= 4 is 28.9 Å². The molecule has 2 aromatic carbocycles. The molecule has 0 unspecified atom stereocenters. The van der Waals surface area contributed by atoms with E-state index in [4.69, 9.17) is 0 Å². The molecule has 28 heavy (non-hydrogen) atoms. The highest BCUT2D eigenvalue weighted by Gasteiger charge is 2.25. The van der Waals surface area contributed by atoms with Gasteiger partial charge in [0.05, 0.1) is 4.92 Å². The lowest BCUT2D eigenvalue weighted by molar-refractivity contribution is -0.385. The first-order chi connectivity index (χ1) is 13.3. The van der Waals surface area contributed by atoms with Crippen LogP contribution in [0.2, 0.25) is 0 Å². The molecule has 0 saturated heterocycles. The predicted octanol–water partition coefficient (Wildman–Crippen LogP) is 4.09. The number of anilines is 2. The first kappa shape index (κ1) is 19.5. The van der Waals surface area contributed by atoms with E-state index in [9.17, 15) is 19.7 Å². The summed E-state index contributed by atoms with van der Waals surface area (Å²) in [5, 5.41) is 13.9. The molecule has 0 saturated carbocycles. The minimum absolute atomic E-state index is 0.0825. The van der Waals surface area contributed by atoms with Gasteiger partial charge < -0.3 is 10.2 Å². The van der Waals surface area contributed by atoms with E-state index in [2.05, 4.69) is 19.2 Å². The van der Waals surface area contributed by atoms with E-state index in [-0.39, 0.29) is 17.2 Å². The van der Waals surface area contributed by atoms with Crippen LogP contribution in [0.5, 0.6) is 0 Å². The number of amides is 2. The van der Waals surface area contributed by atoms with Crippen LogP contribution in [0.25, 0.3) is 0 Å². The number of nitro groups is 1. The van der Waals surface area contributed by atoms with E-state index in [0.29, 0.717) is 36.6 Å². The Morgan fingerprint density at radius 3 is 2.64 bits per heavy atom. The molecular formula is C21H23N3O4. The lowest BCUT2D eigenvalue weighted by Gasteiger charge is -2.31.